The second-order valence-corrected chi connectivity index (χ2v) is 4.86. The van der Waals surface area contributed by atoms with Crippen molar-refractivity contribution in [2.75, 3.05) is 5.73 Å². The molecule has 0 aliphatic heterocycles. The first kappa shape index (κ1) is 11.2. The zero-order valence-corrected chi connectivity index (χ0v) is 10.4. The Morgan fingerprint density at radius 2 is 2.11 bits per heavy atom. The summed E-state index contributed by atoms with van der Waals surface area (Å²) in [5.74, 6) is 3.16. The van der Waals surface area contributed by atoms with Crippen molar-refractivity contribution in [3.8, 4) is 0 Å². The lowest BCUT2D eigenvalue weighted by atomic mass is 10.3. The lowest BCUT2D eigenvalue weighted by Gasteiger charge is -1.94. The molecule has 0 amide bonds. The summed E-state index contributed by atoms with van der Waals surface area (Å²) in [5, 5.41) is 0. The smallest absolute Gasteiger partial charge is 0.205 e. The molecule has 4 nitrogen and oxygen atoms in total. The van der Waals surface area contributed by atoms with Crippen LogP contribution in [-0.4, -0.2) is 4.98 Å². The van der Waals surface area contributed by atoms with Crippen molar-refractivity contribution < 1.29 is 8.83 Å². The molecule has 0 spiro atoms. The number of oxazole rings is 1. The number of hydrogen-bond donors (Lipinski definition) is 1. The standard InChI is InChI=1S/C13H12N2O2S/c14-10-4-1-5-11-13(10)15-12(17-11)8-18-7-9-3-2-6-16-9/h1-6H,7-8,14H2. The van der Waals surface area contributed by atoms with Gasteiger partial charge in [0, 0.05) is 0 Å². The zero-order valence-electron chi connectivity index (χ0n) is 9.63. The Hall–Kier alpha value is -1.88. The van der Waals surface area contributed by atoms with E-state index in [0.717, 1.165) is 22.6 Å². The monoisotopic (exact) mass is 260 g/mol. The van der Waals surface area contributed by atoms with Crippen LogP contribution in [0.1, 0.15) is 11.7 Å². The van der Waals surface area contributed by atoms with Gasteiger partial charge in [-0.05, 0) is 24.3 Å². The van der Waals surface area contributed by atoms with E-state index in [4.69, 9.17) is 14.6 Å². The summed E-state index contributed by atoms with van der Waals surface area (Å²) in [6.45, 7) is 0. The Bertz CT molecular complexity index is 646. The first-order chi connectivity index (χ1) is 8.83. The van der Waals surface area contributed by atoms with Crippen LogP contribution in [0.3, 0.4) is 0 Å². The van der Waals surface area contributed by atoms with Crippen molar-refractivity contribution >= 4 is 28.5 Å². The van der Waals surface area contributed by atoms with E-state index < -0.39 is 0 Å². The number of rotatable bonds is 4. The average Bonchev–Trinajstić information content (AvgIpc) is 2.98. The maximum atomic E-state index is 5.83. The Balaban J connectivity index is 1.69. The molecule has 0 saturated heterocycles. The number of fused-ring (bicyclic) bond motifs is 1. The van der Waals surface area contributed by atoms with Crippen molar-refractivity contribution in [3.63, 3.8) is 0 Å². The van der Waals surface area contributed by atoms with Crippen LogP contribution < -0.4 is 5.73 Å². The number of benzene rings is 1. The van der Waals surface area contributed by atoms with E-state index in [9.17, 15) is 0 Å². The molecular weight excluding hydrogens is 248 g/mol. The van der Waals surface area contributed by atoms with Gasteiger partial charge in [0.15, 0.2) is 5.58 Å². The summed E-state index contributed by atoms with van der Waals surface area (Å²) >= 11 is 1.69. The zero-order chi connectivity index (χ0) is 12.4. The van der Waals surface area contributed by atoms with Crippen LogP contribution in [0.5, 0.6) is 0 Å². The number of para-hydroxylation sites is 1. The highest BCUT2D eigenvalue weighted by Gasteiger charge is 2.08. The number of thioether (sulfide) groups is 1. The molecule has 0 bridgehead atoms. The molecule has 2 N–H and O–H groups in total. The Morgan fingerprint density at radius 3 is 2.89 bits per heavy atom. The molecular formula is C13H12N2O2S. The molecule has 0 aliphatic carbocycles. The topological polar surface area (TPSA) is 65.2 Å². The highest BCUT2D eigenvalue weighted by atomic mass is 32.2. The number of anilines is 1. The maximum Gasteiger partial charge on any atom is 0.205 e. The van der Waals surface area contributed by atoms with Gasteiger partial charge in [-0.2, -0.15) is 0 Å². The number of aromatic nitrogens is 1. The molecule has 18 heavy (non-hydrogen) atoms. The second-order valence-electron chi connectivity index (χ2n) is 3.87. The van der Waals surface area contributed by atoms with Crippen molar-refractivity contribution in [2.24, 2.45) is 0 Å². The summed E-state index contributed by atoms with van der Waals surface area (Å²) in [5.41, 5.74) is 7.96. The summed E-state index contributed by atoms with van der Waals surface area (Å²) in [6.07, 6.45) is 1.68. The first-order valence-electron chi connectivity index (χ1n) is 5.57. The summed E-state index contributed by atoms with van der Waals surface area (Å²) in [4.78, 5) is 4.39. The van der Waals surface area contributed by atoms with Crippen LogP contribution in [0.25, 0.3) is 11.1 Å². The number of nitrogens with zero attached hydrogens (tertiary/aromatic N) is 1. The maximum absolute atomic E-state index is 5.83. The SMILES string of the molecule is Nc1cccc2oc(CSCc3ccco3)nc12. The Labute approximate surface area is 108 Å². The molecule has 5 heteroatoms. The third-order valence-corrected chi connectivity index (χ3v) is 3.48. The van der Waals surface area contributed by atoms with Crippen molar-refractivity contribution in [1.82, 2.24) is 4.98 Å². The van der Waals surface area contributed by atoms with Gasteiger partial charge in [0.25, 0.3) is 0 Å². The fourth-order valence-corrected chi connectivity index (χ4v) is 2.48. The Morgan fingerprint density at radius 1 is 1.17 bits per heavy atom. The van der Waals surface area contributed by atoms with Crippen molar-refractivity contribution in [1.29, 1.82) is 0 Å². The summed E-state index contributed by atoms with van der Waals surface area (Å²) in [6, 6.07) is 9.40. The molecule has 0 radical (unpaired) electrons. The van der Waals surface area contributed by atoms with Gasteiger partial charge in [0.2, 0.25) is 5.89 Å². The summed E-state index contributed by atoms with van der Waals surface area (Å²) < 4.78 is 10.9. The highest BCUT2D eigenvalue weighted by molar-refractivity contribution is 7.97. The van der Waals surface area contributed by atoms with Crippen LogP contribution in [0.4, 0.5) is 5.69 Å². The fraction of sp³-hybridized carbons (Fsp3) is 0.154. The first-order valence-corrected chi connectivity index (χ1v) is 6.72. The normalized spacial score (nSPS) is 11.1. The number of furan rings is 1. The fourth-order valence-electron chi connectivity index (χ4n) is 1.71. The van der Waals surface area contributed by atoms with E-state index in [2.05, 4.69) is 4.98 Å². The molecule has 3 rings (SSSR count). The quantitative estimate of drug-likeness (QED) is 0.728. The third kappa shape index (κ3) is 2.22. The van der Waals surface area contributed by atoms with Crippen molar-refractivity contribution in [3.05, 3.63) is 48.2 Å². The Kier molecular flexibility index (Phi) is 2.98. The lowest BCUT2D eigenvalue weighted by Crippen LogP contribution is -1.86. The van der Waals surface area contributed by atoms with E-state index in [-0.39, 0.29) is 0 Å². The second kappa shape index (κ2) is 4.78. The van der Waals surface area contributed by atoms with Gasteiger partial charge in [-0.15, -0.1) is 11.8 Å². The van der Waals surface area contributed by atoms with Gasteiger partial charge in [0.05, 0.1) is 23.5 Å². The molecule has 1 aromatic carbocycles. The largest absolute Gasteiger partial charge is 0.468 e. The molecule has 2 heterocycles. The highest BCUT2D eigenvalue weighted by Crippen LogP contribution is 2.24. The van der Waals surface area contributed by atoms with Gasteiger partial charge >= 0.3 is 0 Å². The molecule has 2 aromatic heterocycles. The summed E-state index contributed by atoms with van der Waals surface area (Å²) in [7, 11) is 0. The minimum Gasteiger partial charge on any atom is -0.468 e. The van der Waals surface area contributed by atoms with E-state index >= 15 is 0 Å². The molecule has 3 aromatic rings. The van der Waals surface area contributed by atoms with Gasteiger partial charge < -0.3 is 14.6 Å². The molecule has 0 unspecified atom stereocenters. The van der Waals surface area contributed by atoms with E-state index in [0.29, 0.717) is 17.3 Å². The third-order valence-electron chi connectivity index (χ3n) is 2.54. The average molecular weight is 260 g/mol. The van der Waals surface area contributed by atoms with Gasteiger partial charge in [0.1, 0.15) is 11.3 Å². The van der Waals surface area contributed by atoms with Crippen LogP contribution in [0.2, 0.25) is 0 Å². The van der Waals surface area contributed by atoms with Crippen LogP contribution in [0, 0.1) is 0 Å². The van der Waals surface area contributed by atoms with Gasteiger partial charge in [-0.1, -0.05) is 6.07 Å². The van der Waals surface area contributed by atoms with Crippen LogP contribution in [-0.2, 0) is 11.5 Å². The van der Waals surface area contributed by atoms with Crippen LogP contribution in [0.15, 0.2) is 45.4 Å². The lowest BCUT2D eigenvalue weighted by molar-refractivity contribution is 0.529. The minimum atomic E-state index is 0.651. The van der Waals surface area contributed by atoms with Gasteiger partial charge in [-0.3, -0.25) is 0 Å². The molecule has 0 atom stereocenters. The van der Waals surface area contributed by atoms with Gasteiger partial charge in [-0.25, -0.2) is 4.98 Å². The predicted octanol–water partition coefficient (Wildman–Crippen LogP) is 3.44. The molecule has 0 fully saturated rings. The molecule has 92 valence electrons. The van der Waals surface area contributed by atoms with E-state index in [1.54, 1.807) is 18.0 Å². The number of nitrogens with two attached hydrogens (primary N) is 1. The van der Waals surface area contributed by atoms with E-state index in [1.165, 1.54) is 0 Å². The van der Waals surface area contributed by atoms with Crippen molar-refractivity contribution in [2.45, 2.75) is 11.5 Å². The minimum absolute atomic E-state index is 0.651. The molecule has 0 aliphatic rings. The van der Waals surface area contributed by atoms with Crippen LogP contribution >= 0.6 is 11.8 Å². The number of nitrogen functional groups attached to an aromatic ring is 1. The van der Waals surface area contributed by atoms with E-state index in [1.807, 2.05) is 30.3 Å². The predicted molar refractivity (Wildman–Crippen MR) is 72.1 cm³/mol. The number of hydrogen-bond acceptors (Lipinski definition) is 5. The molecule has 0 saturated carbocycles.